The van der Waals surface area contributed by atoms with E-state index in [-0.39, 0.29) is 6.42 Å². The summed E-state index contributed by atoms with van der Waals surface area (Å²) in [6.07, 6.45) is 4.84. The molecule has 1 N–H and O–H groups in total. The van der Waals surface area contributed by atoms with Crippen LogP contribution in [0.25, 0.3) is 0 Å². The van der Waals surface area contributed by atoms with E-state index in [0.717, 1.165) is 4.88 Å². The van der Waals surface area contributed by atoms with Crippen LogP contribution >= 0.6 is 11.3 Å². The Morgan fingerprint density at radius 2 is 2.16 bits per heavy atom. The molecule has 0 saturated heterocycles. The number of nitrogens with one attached hydrogen (secondary N) is 1. The van der Waals surface area contributed by atoms with Gasteiger partial charge in [0, 0.05) is 23.7 Å². The van der Waals surface area contributed by atoms with E-state index in [9.17, 15) is 9.59 Å². The van der Waals surface area contributed by atoms with E-state index in [0.29, 0.717) is 12.2 Å². The molecule has 0 spiro atoms. The van der Waals surface area contributed by atoms with Crippen molar-refractivity contribution in [2.24, 2.45) is 0 Å². The number of methoxy groups -OCH3 is 1. The van der Waals surface area contributed by atoms with E-state index in [4.69, 9.17) is 9.47 Å². The van der Waals surface area contributed by atoms with Crippen LogP contribution in [-0.4, -0.2) is 45.4 Å². The molecular weight excluding hydrogens is 344 g/mol. The van der Waals surface area contributed by atoms with Gasteiger partial charge in [-0.2, -0.15) is 0 Å². The molecule has 1 amide bonds. The minimum absolute atomic E-state index is 0.210. The molecule has 0 fully saturated rings. The van der Waals surface area contributed by atoms with Crippen LogP contribution in [0.4, 0.5) is 4.79 Å². The first-order valence-corrected chi connectivity index (χ1v) is 8.60. The van der Waals surface area contributed by atoms with E-state index < -0.39 is 23.7 Å². The Bertz CT molecular complexity index is 706. The largest absolute Gasteiger partial charge is 0.467 e. The van der Waals surface area contributed by atoms with E-state index in [1.165, 1.54) is 7.11 Å². The number of carbonyl (C=O) groups excluding carboxylic acids is 2. The van der Waals surface area contributed by atoms with Crippen molar-refractivity contribution in [3.8, 4) is 0 Å². The minimum atomic E-state index is -0.869. The van der Waals surface area contributed by atoms with Crippen molar-refractivity contribution in [1.29, 1.82) is 0 Å². The molecular formula is C16H22N4O4S. The van der Waals surface area contributed by atoms with Gasteiger partial charge in [0.1, 0.15) is 11.6 Å². The number of alkyl carbamates (subject to hydrolysis) is 1. The summed E-state index contributed by atoms with van der Waals surface area (Å²) in [5, 5.41) is 2.53. The molecule has 0 radical (unpaired) electrons. The Balaban J connectivity index is 2.00. The van der Waals surface area contributed by atoms with Crippen LogP contribution in [0.1, 0.15) is 31.3 Å². The number of carbonyl (C=O) groups is 2. The standard InChI is InChI=1S/C16H22N4O4S/c1-16(2,3)24-15(22)19-13(14(21)23-4)5-11-7-20(9-18-11)8-12-6-17-10-25-12/h6-7,9-10,13H,5,8H2,1-4H3,(H,19,22)/t13-/m0/s1. The fraction of sp³-hybridized carbons (Fsp3) is 0.500. The molecule has 0 aliphatic heterocycles. The summed E-state index contributed by atoms with van der Waals surface area (Å²) in [5.41, 5.74) is 1.78. The number of ether oxygens (including phenoxy) is 2. The molecule has 0 aromatic carbocycles. The molecule has 0 bridgehead atoms. The summed E-state index contributed by atoms with van der Waals surface area (Å²) in [6.45, 7) is 5.91. The Hall–Kier alpha value is -2.42. The second-order valence-electron chi connectivity index (χ2n) is 6.43. The number of amides is 1. The van der Waals surface area contributed by atoms with Gasteiger partial charge in [0.2, 0.25) is 0 Å². The molecule has 2 aromatic rings. The summed E-state index contributed by atoms with van der Waals surface area (Å²) >= 11 is 1.56. The Kier molecular flexibility index (Phi) is 6.13. The molecule has 0 saturated carbocycles. The third-order valence-corrected chi connectivity index (χ3v) is 3.86. The Morgan fingerprint density at radius 3 is 2.76 bits per heavy atom. The summed E-state index contributed by atoms with van der Waals surface area (Å²) in [5.74, 6) is -0.553. The number of imidazole rings is 1. The van der Waals surface area contributed by atoms with Gasteiger partial charge >= 0.3 is 12.1 Å². The maximum atomic E-state index is 11.9. The summed E-state index contributed by atoms with van der Waals surface area (Å²) in [6, 6.07) is -0.869. The highest BCUT2D eigenvalue weighted by Gasteiger charge is 2.26. The quantitative estimate of drug-likeness (QED) is 0.786. The highest BCUT2D eigenvalue weighted by molar-refractivity contribution is 7.09. The van der Waals surface area contributed by atoms with E-state index >= 15 is 0 Å². The number of nitrogens with zero attached hydrogens (tertiary/aromatic N) is 3. The Labute approximate surface area is 150 Å². The Morgan fingerprint density at radius 1 is 1.40 bits per heavy atom. The molecule has 9 heteroatoms. The summed E-state index contributed by atoms with van der Waals surface area (Å²) in [7, 11) is 1.27. The van der Waals surface area contributed by atoms with Gasteiger partial charge < -0.3 is 19.4 Å². The van der Waals surface area contributed by atoms with Gasteiger partial charge in [0.05, 0.1) is 31.2 Å². The summed E-state index contributed by atoms with van der Waals surface area (Å²) < 4.78 is 11.8. The molecule has 25 heavy (non-hydrogen) atoms. The zero-order chi connectivity index (χ0) is 18.4. The number of esters is 1. The zero-order valence-electron chi connectivity index (χ0n) is 14.7. The first kappa shape index (κ1) is 18.9. The predicted molar refractivity (Wildman–Crippen MR) is 92.3 cm³/mol. The highest BCUT2D eigenvalue weighted by Crippen LogP contribution is 2.11. The average molecular weight is 366 g/mol. The molecule has 0 unspecified atom stereocenters. The van der Waals surface area contributed by atoms with Crippen LogP contribution in [0, 0.1) is 0 Å². The van der Waals surface area contributed by atoms with Crippen LogP contribution < -0.4 is 5.32 Å². The molecule has 0 aliphatic carbocycles. The van der Waals surface area contributed by atoms with Crippen molar-refractivity contribution in [3.05, 3.63) is 34.8 Å². The maximum absolute atomic E-state index is 11.9. The van der Waals surface area contributed by atoms with Gasteiger partial charge in [0.25, 0.3) is 0 Å². The minimum Gasteiger partial charge on any atom is -0.467 e. The number of hydrogen-bond donors (Lipinski definition) is 1. The number of hydrogen-bond acceptors (Lipinski definition) is 7. The molecule has 1 atom stereocenters. The molecule has 2 aromatic heterocycles. The topological polar surface area (TPSA) is 95.3 Å². The van der Waals surface area contributed by atoms with Crippen molar-refractivity contribution in [2.45, 2.75) is 45.4 Å². The third-order valence-electron chi connectivity index (χ3n) is 3.10. The zero-order valence-corrected chi connectivity index (χ0v) is 15.5. The van der Waals surface area contributed by atoms with E-state index in [1.54, 1.807) is 50.1 Å². The average Bonchev–Trinajstić information content (AvgIpc) is 3.16. The summed E-state index contributed by atoms with van der Waals surface area (Å²) in [4.78, 5) is 33.3. The molecule has 8 nitrogen and oxygen atoms in total. The van der Waals surface area contributed by atoms with Crippen molar-refractivity contribution in [3.63, 3.8) is 0 Å². The monoisotopic (exact) mass is 366 g/mol. The lowest BCUT2D eigenvalue weighted by molar-refractivity contribution is -0.143. The van der Waals surface area contributed by atoms with Gasteiger partial charge in [-0.25, -0.2) is 14.6 Å². The van der Waals surface area contributed by atoms with E-state index in [2.05, 4.69) is 15.3 Å². The van der Waals surface area contributed by atoms with Gasteiger partial charge in [-0.3, -0.25) is 4.98 Å². The maximum Gasteiger partial charge on any atom is 0.408 e. The van der Waals surface area contributed by atoms with Crippen LogP contribution in [-0.2, 0) is 27.2 Å². The lowest BCUT2D eigenvalue weighted by Gasteiger charge is -2.22. The molecule has 136 valence electrons. The van der Waals surface area contributed by atoms with Crippen LogP contribution in [0.15, 0.2) is 24.2 Å². The van der Waals surface area contributed by atoms with Crippen molar-refractivity contribution >= 4 is 23.4 Å². The molecule has 2 rings (SSSR count). The lowest BCUT2D eigenvalue weighted by Crippen LogP contribution is -2.45. The third kappa shape index (κ3) is 6.18. The molecule has 0 aliphatic rings. The highest BCUT2D eigenvalue weighted by atomic mass is 32.1. The van der Waals surface area contributed by atoms with Gasteiger partial charge in [0.15, 0.2) is 0 Å². The molecule has 2 heterocycles. The number of rotatable bonds is 6. The van der Waals surface area contributed by atoms with Crippen molar-refractivity contribution < 1.29 is 19.1 Å². The fourth-order valence-electron chi connectivity index (χ4n) is 2.09. The number of aromatic nitrogens is 3. The van der Waals surface area contributed by atoms with Crippen LogP contribution in [0.3, 0.4) is 0 Å². The first-order chi connectivity index (χ1) is 11.8. The van der Waals surface area contributed by atoms with Gasteiger partial charge in [-0.05, 0) is 20.8 Å². The second-order valence-corrected chi connectivity index (χ2v) is 7.40. The predicted octanol–water partition coefficient (Wildman–Crippen LogP) is 2.00. The van der Waals surface area contributed by atoms with Crippen LogP contribution in [0.5, 0.6) is 0 Å². The van der Waals surface area contributed by atoms with Gasteiger partial charge in [-0.1, -0.05) is 0 Å². The van der Waals surface area contributed by atoms with Crippen molar-refractivity contribution in [2.75, 3.05) is 7.11 Å². The van der Waals surface area contributed by atoms with E-state index in [1.807, 2.05) is 10.8 Å². The van der Waals surface area contributed by atoms with Gasteiger partial charge in [-0.15, -0.1) is 11.3 Å². The lowest BCUT2D eigenvalue weighted by atomic mass is 10.1. The fourth-order valence-corrected chi connectivity index (χ4v) is 2.70. The normalized spacial score (nSPS) is 12.5. The first-order valence-electron chi connectivity index (χ1n) is 7.72. The number of thiazole rings is 1. The van der Waals surface area contributed by atoms with Crippen molar-refractivity contribution in [1.82, 2.24) is 19.9 Å². The van der Waals surface area contributed by atoms with Crippen LogP contribution in [0.2, 0.25) is 0 Å². The smallest absolute Gasteiger partial charge is 0.408 e. The SMILES string of the molecule is COC(=O)[C@H](Cc1cn(Cc2cncs2)cn1)NC(=O)OC(C)(C)C. The second kappa shape index (κ2) is 8.11.